The van der Waals surface area contributed by atoms with E-state index in [4.69, 9.17) is 0 Å². The van der Waals surface area contributed by atoms with Crippen LogP contribution in [0.5, 0.6) is 0 Å². The van der Waals surface area contributed by atoms with E-state index in [0.29, 0.717) is 0 Å². The molecule has 0 radical (unpaired) electrons. The normalized spacial score (nSPS) is 15.0. The number of hydrogen-bond donors (Lipinski definition) is 1. The smallest absolute Gasteiger partial charge is 0.234 e. The second kappa shape index (κ2) is 5.61. The van der Waals surface area contributed by atoms with Crippen LogP contribution in [0.15, 0.2) is 11.6 Å². The highest BCUT2D eigenvalue weighted by atomic mass is 79.9. The van der Waals surface area contributed by atoms with E-state index in [0.717, 1.165) is 5.01 Å². The Bertz CT molecular complexity index is 313. The molecule has 1 amide bonds. The Morgan fingerprint density at radius 3 is 2.67 bits per heavy atom. The van der Waals surface area contributed by atoms with Crippen LogP contribution in [0.4, 0.5) is 0 Å². The largest absolute Gasteiger partial charge is 0.346 e. The molecule has 0 spiro atoms. The number of thiazole rings is 1. The number of carbonyl (C=O) groups is 1. The van der Waals surface area contributed by atoms with Crippen molar-refractivity contribution in [3.63, 3.8) is 0 Å². The maximum absolute atomic E-state index is 11.7. The van der Waals surface area contributed by atoms with Crippen molar-refractivity contribution in [1.82, 2.24) is 10.3 Å². The van der Waals surface area contributed by atoms with Gasteiger partial charge in [0.25, 0.3) is 0 Å². The highest BCUT2D eigenvalue weighted by molar-refractivity contribution is 9.10. The van der Waals surface area contributed by atoms with Gasteiger partial charge in [-0.05, 0) is 12.8 Å². The SMILES string of the molecule is CC(NC(=O)C(Br)C(C)C)c1nccs1. The molecule has 0 bridgehead atoms. The maximum Gasteiger partial charge on any atom is 0.234 e. The van der Waals surface area contributed by atoms with E-state index >= 15 is 0 Å². The standard InChI is InChI=1S/C10H15BrN2OS/c1-6(2)8(11)9(14)13-7(3)10-12-4-5-15-10/h4-8H,1-3H3,(H,13,14). The molecule has 1 aromatic heterocycles. The van der Waals surface area contributed by atoms with Gasteiger partial charge in [-0.2, -0.15) is 0 Å². The quantitative estimate of drug-likeness (QED) is 0.867. The maximum atomic E-state index is 11.7. The number of carbonyl (C=O) groups excluding carboxylic acids is 1. The Labute approximate surface area is 102 Å². The van der Waals surface area contributed by atoms with Gasteiger partial charge in [-0.15, -0.1) is 11.3 Å². The fraction of sp³-hybridized carbons (Fsp3) is 0.600. The van der Waals surface area contributed by atoms with E-state index in [1.54, 1.807) is 17.5 Å². The lowest BCUT2D eigenvalue weighted by molar-refractivity contribution is -0.121. The summed E-state index contributed by atoms with van der Waals surface area (Å²) in [5.74, 6) is 0.307. The average molecular weight is 291 g/mol. The molecule has 84 valence electrons. The molecule has 1 aromatic rings. The molecule has 0 saturated heterocycles. The molecule has 3 nitrogen and oxygen atoms in total. The lowest BCUT2D eigenvalue weighted by atomic mass is 10.1. The molecule has 5 heteroatoms. The van der Waals surface area contributed by atoms with E-state index in [-0.39, 0.29) is 22.7 Å². The number of nitrogens with one attached hydrogen (secondary N) is 1. The first-order chi connectivity index (χ1) is 7.02. The molecule has 0 aliphatic heterocycles. The Morgan fingerprint density at radius 1 is 1.53 bits per heavy atom. The minimum Gasteiger partial charge on any atom is -0.346 e. The summed E-state index contributed by atoms with van der Waals surface area (Å²) < 4.78 is 0. The van der Waals surface area contributed by atoms with Crippen molar-refractivity contribution in [1.29, 1.82) is 0 Å². The molecule has 0 fully saturated rings. The molecule has 1 rings (SSSR count). The van der Waals surface area contributed by atoms with Crippen LogP contribution in [0.1, 0.15) is 31.8 Å². The second-order valence-electron chi connectivity index (χ2n) is 3.75. The Kier molecular flexibility index (Phi) is 4.73. The highest BCUT2D eigenvalue weighted by Crippen LogP contribution is 2.17. The van der Waals surface area contributed by atoms with Crippen molar-refractivity contribution >= 4 is 33.2 Å². The van der Waals surface area contributed by atoms with Crippen molar-refractivity contribution in [2.24, 2.45) is 5.92 Å². The summed E-state index contributed by atoms with van der Waals surface area (Å²) in [6.07, 6.45) is 1.75. The zero-order chi connectivity index (χ0) is 11.4. The van der Waals surface area contributed by atoms with Gasteiger partial charge in [0.2, 0.25) is 5.91 Å². The summed E-state index contributed by atoms with van der Waals surface area (Å²) >= 11 is 4.92. The van der Waals surface area contributed by atoms with Gasteiger partial charge in [0.15, 0.2) is 0 Å². The average Bonchev–Trinajstić information content (AvgIpc) is 2.68. The molecule has 0 saturated carbocycles. The van der Waals surface area contributed by atoms with E-state index in [9.17, 15) is 4.79 Å². The van der Waals surface area contributed by atoms with E-state index < -0.39 is 0 Å². The van der Waals surface area contributed by atoms with Crippen LogP contribution in [0.25, 0.3) is 0 Å². The first-order valence-corrected chi connectivity index (χ1v) is 6.65. The van der Waals surface area contributed by atoms with Gasteiger partial charge in [0.05, 0.1) is 10.9 Å². The molecule has 2 atom stereocenters. The summed E-state index contributed by atoms with van der Waals surface area (Å²) in [4.78, 5) is 15.7. The van der Waals surface area contributed by atoms with Crippen molar-refractivity contribution in [2.45, 2.75) is 31.6 Å². The summed E-state index contributed by atoms with van der Waals surface area (Å²) in [5.41, 5.74) is 0. The van der Waals surface area contributed by atoms with Crippen molar-refractivity contribution in [2.75, 3.05) is 0 Å². The molecule has 0 aromatic carbocycles. The van der Waals surface area contributed by atoms with Gasteiger partial charge in [0, 0.05) is 11.6 Å². The molecule has 1 N–H and O–H groups in total. The number of amides is 1. The number of halogens is 1. The van der Waals surface area contributed by atoms with E-state index in [1.807, 2.05) is 26.2 Å². The number of nitrogens with zero attached hydrogens (tertiary/aromatic N) is 1. The lowest BCUT2D eigenvalue weighted by Crippen LogP contribution is -2.35. The predicted molar refractivity (Wildman–Crippen MR) is 66.2 cm³/mol. The van der Waals surface area contributed by atoms with Gasteiger partial charge in [-0.1, -0.05) is 29.8 Å². The first kappa shape index (κ1) is 12.6. The van der Waals surface area contributed by atoms with Gasteiger partial charge >= 0.3 is 0 Å². The molecule has 2 unspecified atom stereocenters. The molecule has 1 heterocycles. The summed E-state index contributed by atoms with van der Waals surface area (Å²) in [6.45, 7) is 5.96. The number of aromatic nitrogens is 1. The van der Waals surface area contributed by atoms with E-state index in [2.05, 4.69) is 26.2 Å². The minimum atomic E-state index is -0.139. The van der Waals surface area contributed by atoms with Crippen LogP contribution < -0.4 is 5.32 Å². The van der Waals surface area contributed by atoms with Crippen LogP contribution in [-0.2, 0) is 4.79 Å². The van der Waals surface area contributed by atoms with Gasteiger partial charge in [0.1, 0.15) is 5.01 Å². The topological polar surface area (TPSA) is 42.0 Å². The monoisotopic (exact) mass is 290 g/mol. The first-order valence-electron chi connectivity index (χ1n) is 4.86. The number of rotatable bonds is 4. The van der Waals surface area contributed by atoms with Gasteiger partial charge < -0.3 is 5.32 Å². The Morgan fingerprint density at radius 2 is 2.20 bits per heavy atom. The fourth-order valence-electron chi connectivity index (χ4n) is 1.11. The van der Waals surface area contributed by atoms with Crippen molar-refractivity contribution in [3.05, 3.63) is 16.6 Å². The highest BCUT2D eigenvalue weighted by Gasteiger charge is 2.21. The minimum absolute atomic E-state index is 0.0173. The van der Waals surface area contributed by atoms with Crippen LogP contribution in [0.2, 0.25) is 0 Å². The van der Waals surface area contributed by atoms with Crippen LogP contribution in [0.3, 0.4) is 0 Å². The lowest BCUT2D eigenvalue weighted by Gasteiger charge is -2.17. The van der Waals surface area contributed by atoms with Crippen molar-refractivity contribution < 1.29 is 4.79 Å². The number of alkyl halides is 1. The van der Waals surface area contributed by atoms with Crippen LogP contribution in [0, 0.1) is 5.92 Å². The zero-order valence-electron chi connectivity index (χ0n) is 9.03. The summed E-state index contributed by atoms with van der Waals surface area (Å²) in [6, 6.07) is -0.0173. The molecule has 0 aliphatic carbocycles. The third kappa shape index (κ3) is 3.57. The molecular formula is C10H15BrN2OS. The number of hydrogen-bond acceptors (Lipinski definition) is 3. The summed E-state index contributed by atoms with van der Waals surface area (Å²) in [7, 11) is 0. The zero-order valence-corrected chi connectivity index (χ0v) is 11.4. The molecule has 15 heavy (non-hydrogen) atoms. The predicted octanol–water partition coefficient (Wildman–Crippen LogP) is 2.74. The van der Waals surface area contributed by atoms with Crippen molar-refractivity contribution in [3.8, 4) is 0 Å². The Balaban J connectivity index is 2.52. The van der Waals surface area contributed by atoms with Gasteiger partial charge in [-0.3, -0.25) is 4.79 Å². The summed E-state index contributed by atoms with van der Waals surface area (Å²) in [5, 5.41) is 5.77. The van der Waals surface area contributed by atoms with Crippen LogP contribution in [-0.4, -0.2) is 15.7 Å². The van der Waals surface area contributed by atoms with Crippen LogP contribution >= 0.6 is 27.3 Å². The Hall–Kier alpha value is -0.420. The molecule has 0 aliphatic rings. The molecular weight excluding hydrogens is 276 g/mol. The third-order valence-electron chi connectivity index (χ3n) is 2.02. The van der Waals surface area contributed by atoms with Gasteiger partial charge in [-0.25, -0.2) is 4.98 Å². The van der Waals surface area contributed by atoms with E-state index in [1.165, 1.54) is 0 Å². The fourth-order valence-corrected chi connectivity index (χ4v) is 1.88. The second-order valence-corrected chi connectivity index (χ2v) is 5.66. The third-order valence-corrected chi connectivity index (χ3v) is 4.45.